The lowest BCUT2D eigenvalue weighted by molar-refractivity contribution is -0.138. The minimum Gasteiger partial charge on any atom is -0.352 e. The summed E-state index contributed by atoms with van der Waals surface area (Å²) < 4.78 is 13.8. The number of amides is 2. The summed E-state index contributed by atoms with van der Waals surface area (Å²) in [7, 11) is 0. The van der Waals surface area contributed by atoms with E-state index in [9.17, 15) is 14.0 Å². The van der Waals surface area contributed by atoms with E-state index in [0.29, 0.717) is 24.3 Å². The van der Waals surface area contributed by atoms with Crippen LogP contribution in [-0.2, 0) is 21.8 Å². The van der Waals surface area contributed by atoms with E-state index in [0.717, 1.165) is 5.56 Å². The van der Waals surface area contributed by atoms with Crippen molar-refractivity contribution in [1.29, 1.82) is 0 Å². The molecule has 0 aliphatic rings. The zero-order chi connectivity index (χ0) is 21.2. The number of nitrogens with one attached hydrogen (secondary N) is 1. The van der Waals surface area contributed by atoms with E-state index in [1.54, 1.807) is 30.0 Å². The molecule has 4 nitrogen and oxygen atoms in total. The van der Waals surface area contributed by atoms with E-state index in [4.69, 9.17) is 0 Å². The Kier molecular flexibility index (Phi) is 9.19. The van der Waals surface area contributed by atoms with Crippen LogP contribution in [-0.4, -0.2) is 41.1 Å². The van der Waals surface area contributed by atoms with E-state index in [2.05, 4.69) is 5.32 Å². The molecule has 2 aromatic rings. The molecule has 0 spiro atoms. The highest BCUT2D eigenvalue weighted by Crippen LogP contribution is 2.17. The minimum atomic E-state index is -0.567. The Hall–Kier alpha value is -2.34. The first-order valence-electron chi connectivity index (χ1n) is 9.83. The van der Waals surface area contributed by atoms with Crippen LogP contribution < -0.4 is 5.32 Å². The second-order valence-corrected chi connectivity index (χ2v) is 8.23. The first-order valence-corrected chi connectivity index (χ1v) is 11.0. The maximum atomic E-state index is 13.8. The maximum Gasteiger partial charge on any atom is 0.242 e. The van der Waals surface area contributed by atoms with E-state index in [1.807, 2.05) is 44.2 Å². The average molecular weight is 417 g/mol. The lowest BCUT2D eigenvalue weighted by Gasteiger charge is -2.29. The summed E-state index contributed by atoms with van der Waals surface area (Å²) in [6.07, 6.45) is 0.670. The van der Waals surface area contributed by atoms with Gasteiger partial charge in [-0.3, -0.25) is 9.59 Å². The molecule has 0 heterocycles. The number of hydrogen-bond donors (Lipinski definition) is 1. The van der Waals surface area contributed by atoms with Crippen molar-refractivity contribution >= 4 is 23.6 Å². The van der Waals surface area contributed by atoms with Crippen LogP contribution in [0.3, 0.4) is 0 Å². The molecule has 2 aromatic carbocycles. The molecule has 0 unspecified atom stereocenters. The topological polar surface area (TPSA) is 49.4 Å². The van der Waals surface area contributed by atoms with Gasteiger partial charge in [0.2, 0.25) is 11.8 Å². The van der Waals surface area contributed by atoms with Crippen molar-refractivity contribution in [3.63, 3.8) is 0 Å². The zero-order valence-corrected chi connectivity index (χ0v) is 18.0. The quantitative estimate of drug-likeness (QED) is 0.636. The number of rotatable bonds is 10. The molecule has 6 heteroatoms. The second-order valence-electron chi connectivity index (χ2n) is 7.25. The molecule has 0 aliphatic heterocycles. The monoisotopic (exact) mass is 416 g/mol. The Morgan fingerprint density at radius 1 is 1.03 bits per heavy atom. The van der Waals surface area contributed by atoms with E-state index in [1.165, 1.54) is 17.8 Å². The van der Waals surface area contributed by atoms with Gasteiger partial charge in [-0.2, -0.15) is 0 Å². The highest BCUT2D eigenvalue weighted by atomic mass is 32.2. The highest BCUT2D eigenvalue weighted by Gasteiger charge is 2.26. The number of hydrogen-bond acceptors (Lipinski definition) is 3. The first kappa shape index (κ1) is 22.9. The van der Waals surface area contributed by atoms with Gasteiger partial charge in [0.1, 0.15) is 11.9 Å². The van der Waals surface area contributed by atoms with Crippen molar-refractivity contribution in [1.82, 2.24) is 10.2 Å². The number of nitrogens with zero attached hydrogens (tertiary/aromatic N) is 1. The molecule has 1 N–H and O–H groups in total. The van der Waals surface area contributed by atoms with Gasteiger partial charge in [-0.15, -0.1) is 11.8 Å². The summed E-state index contributed by atoms with van der Waals surface area (Å²) in [6.45, 7) is 5.99. The molecular formula is C23H29FN2O2S. The number of benzene rings is 2. The fourth-order valence-electron chi connectivity index (χ4n) is 2.92. The van der Waals surface area contributed by atoms with Gasteiger partial charge in [0.25, 0.3) is 0 Å². The number of carbonyl (C=O) groups is 2. The molecule has 0 radical (unpaired) electrons. The van der Waals surface area contributed by atoms with Crippen molar-refractivity contribution in [2.45, 2.75) is 45.0 Å². The summed E-state index contributed by atoms with van der Waals surface area (Å²) in [6, 6.07) is 15.9. The third-order valence-corrected chi connectivity index (χ3v) is 5.49. The zero-order valence-electron chi connectivity index (χ0n) is 17.2. The van der Waals surface area contributed by atoms with Crippen molar-refractivity contribution in [2.24, 2.45) is 0 Å². The van der Waals surface area contributed by atoms with Gasteiger partial charge in [-0.05, 0) is 44.4 Å². The van der Waals surface area contributed by atoms with Crippen molar-refractivity contribution < 1.29 is 14.0 Å². The number of halogens is 1. The van der Waals surface area contributed by atoms with E-state index >= 15 is 0 Å². The molecule has 0 aromatic heterocycles. The summed E-state index contributed by atoms with van der Waals surface area (Å²) in [5.41, 5.74) is 1.69. The van der Waals surface area contributed by atoms with E-state index in [-0.39, 0.29) is 29.4 Å². The molecule has 2 rings (SSSR count). The van der Waals surface area contributed by atoms with Crippen LogP contribution in [0.25, 0.3) is 0 Å². The number of carbonyl (C=O) groups excluding carboxylic acids is 2. The van der Waals surface area contributed by atoms with Crippen LogP contribution in [0, 0.1) is 5.82 Å². The molecule has 0 bridgehead atoms. The largest absolute Gasteiger partial charge is 0.352 e. The van der Waals surface area contributed by atoms with Crippen LogP contribution in [0.2, 0.25) is 0 Å². The second kappa shape index (κ2) is 11.6. The van der Waals surface area contributed by atoms with Crippen LogP contribution in [0.15, 0.2) is 54.6 Å². The Balaban J connectivity index is 2.00. The van der Waals surface area contributed by atoms with Gasteiger partial charge >= 0.3 is 0 Å². The molecule has 0 aliphatic carbocycles. The van der Waals surface area contributed by atoms with Crippen LogP contribution in [0.5, 0.6) is 0 Å². The SMILES string of the molecule is CC(C)NC(=O)[C@H](C)N(CCc1ccccc1)C(=O)CSCc1ccccc1F. The summed E-state index contributed by atoms with van der Waals surface area (Å²) in [5, 5.41) is 2.88. The third kappa shape index (κ3) is 7.54. The predicted octanol–water partition coefficient (Wildman–Crippen LogP) is 4.04. The lowest BCUT2D eigenvalue weighted by atomic mass is 10.1. The summed E-state index contributed by atoms with van der Waals surface area (Å²) >= 11 is 1.36. The van der Waals surface area contributed by atoms with Crippen molar-refractivity contribution in [3.8, 4) is 0 Å². The molecule has 156 valence electrons. The summed E-state index contributed by atoms with van der Waals surface area (Å²) in [4.78, 5) is 27.0. The maximum absolute atomic E-state index is 13.8. The van der Waals surface area contributed by atoms with Crippen LogP contribution in [0.1, 0.15) is 31.9 Å². The van der Waals surface area contributed by atoms with Gasteiger partial charge in [0.05, 0.1) is 5.75 Å². The highest BCUT2D eigenvalue weighted by molar-refractivity contribution is 7.99. The number of thioether (sulfide) groups is 1. The van der Waals surface area contributed by atoms with Crippen LogP contribution in [0.4, 0.5) is 4.39 Å². The average Bonchev–Trinajstić information content (AvgIpc) is 2.69. The van der Waals surface area contributed by atoms with Gasteiger partial charge in [0, 0.05) is 18.3 Å². The molecule has 0 saturated carbocycles. The first-order chi connectivity index (χ1) is 13.9. The lowest BCUT2D eigenvalue weighted by Crippen LogP contribution is -2.50. The smallest absolute Gasteiger partial charge is 0.242 e. The predicted molar refractivity (Wildman–Crippen MR) is 117 cm³/mol. The standard InChI is InChI=1S/C23H29FN2O2S/c1-17(2)25-23(28)18(3)26(14-13-19-9-5-4-6-10-19)22(27)16-29-15-20-11-7-8-12-21(20)24/h4-12,17-18H,13-16H2,1-3H3,(H,25,28)/t18-/m0/s1. The Labute approximate surface area is 176 Å². The van der Waals surface area contributed by atoms with Crippen molar-refractivity contribution in [3.05, 3.63) is 71.5 Å². The van der Waals surface area contributed by atoms with Crippen LogP contribution >= 0.6 is 11.8 Å². The third-order valence-electron chi connectivity index (χ3n) is 4.52. The van der Waals surface area contributed by atoms with Gasteiger partial charge in [-0.1, -0.05) is 48.5 Å². The van der Waals surface area contributed by atoms with Gasteiger partial charge in [-0.25, -0.2) is 4.39 Å². The fraction of sp³-hybridized carbons (Fsp3) is 0.391. The van der Waals surface area contributed by atoms with Gasteiger partial charge < -0.3 is 10.2 Å². The van der Waals surface area contributed by atoms with Gasteiger partial charge in [0.15, 0.2) is 0 Å². The molecule has 0 saturated heterocycles. The normalized spacial score (nSPS) is 11.9. The molecule has 2 amide bonds. The molecular weight excluding hydrogens is 387 g/mol. The Morgan fingerprint density at radius 2 is 1.69 bits per heavy atom. The van der Waals surface area contributed by atoms with E-state index < -0.39 is 6.04 Å². The molecule has 29 heavy (non-hydrogen) atoms. The fourth-order valence-corrected chi connectivity index (χ4v) is 3.82. The Morgan fingerprint density at radius 3 is 2.34 bits per heavy atom. The molecule has 0 fully saturated rings. The molecule has 1 atom stereocenters. The summed E-state index contributed by atoms with van der Waals surface area (Å²) in [5.74, 6) is 0.0622. The Bertz CT molecular complexity index is 798. The minimum absolute atomic E-state index is 0.00598. The van der Waals surface area contributed by atoms with Crippen molar-refractivity contribution in [2.75, 3.05) is 12.3 Å².